The first-order valence-electron chi connectivity index (χ1n) is 6.64. The largest absolute Gasteiger partial charge is 0.310 e. The van der Waals surface area contributed by atoms with E-state index in [1.54, 1.807) is 18.2 Å². The third-order valence-corrected chi connectivity index (χ3v) is 4.36. The van der Waals surface area contributed by atoms with Gasteiger partial charge in [-0.3, -0.25) is 0 Å². The van der Waals surface area contributed by atoms with E-state index >= 15 is 0 Å². The fourth-order valence-electron chi connectivity index (χ4n) is 2.23. The second-order valence-corrected chi connectivity index (χ2v) is 5.91. The number of hydrogen-bond acceptors (Lipinski definition) is 1. The van der Waals surface area contributed by atoms with Crippen LogP contribution >= 0.6 is 27.5 Å². The van der Waals surface area contributed by atoms with Gasteiger partial charge in [0.25, 0.3) is 0 Å². The summed E-state index contributed by atoms with van der Waals surface area (Å²) in [5, 5.41) is 3.41. The van der Waals surface area contributed by atoms with E-state index in [1.165, 1.54) is 12.1 Å². The van der Waals surface area contributed by atoms with Crippen molar-refractivity contribution in [3.05, 3.63) is 68.7 Å². The summed E-state index contributed by atoms with van der Waals surface area (Å²) < 4.78 is 27.4. The van der Waals surface area contributed by atoms with Gasteiger partial charge in [-0.25, -0.2) is 8.78 Å². The maximum absolute atomic E-state index is 13.7. The summed E-state index contributed by atoms with van der Waals surface area (Å²) in [6.07, 6.45) is 0.593. The lowest BCUT2D eigenvalue weighted by Crippen LogP contribution is -2.23. The van der Waals surface area contributed by atoms with Crippen LogP contribution in [0.25, 0.3) is 0 Å². The third-order valence-electron chi connectivity index (χ3n) is 3.23. The van der Waals surface area contributed by atoms with Crippen LogP contribution in [-0.2, 0) is 6.42 Å². The van der Waals surface area contributed by atoms with E-state index in [4.69, 9.17) is 11.6 Å². The summed E-state index contributed by atoms with van der Waals surface area (Å²) in [5.74, 6) is -0.736. The quantitative estimate of drug-likeness (QED) is 0.751. The van der Waals surface area contributed by atoms with Crippen molar-refractivity contribution in [1.29, 1.82) is 0 Å². The lowest BCUT2D eigenvalue weighted by molar-refractivity contribution is 0.538. The Morgan fingerprint density at radius 3 is 2.62 bits per heavy atom. The van der Waals surface area contributed by atoms with Crippen molar-refractivity contribution in [2.45, 2.75) is 19.4 Å². The van der Waals surface area contributed by atoms with Gasteiger partial charge in [-0.2, -0.15) is 0 Å². The smallest absolute Gasteiger partial charge is 0.141 e. The van der Waals surface area contributed by atoms with Crippen molar-refractivity contribution in [1.82, 2.24) is 5.32 Å². The fraction of sp³-hybridized carbons (Fsp3) is 0.250. The molecular formula is C16H15BrClF2N. The highest BCUT2D eigenvalue weighted by molar-refractivity contribution is 9.10. The number of nitrogens with one attached hydrogen (secondary N) is 1. The summed E-state index contributed by atoms with van der Waals surface area (Å²) >= 11 is 9.10. The molecule has 1 unspecified atom stereocenters. The Morgan fingerprint density at radius 2 is 1.95 bits per heavy atom. The van der Waals surface area contributed by atoms with Crippen LogP contribution in [0.4, 0.5) is 8.78 Å². The van der Waals surface area contributed by atoms with Gasteiger partial charge in [-0.15, -0.1) is 0 Å². The van der Waals surface area contributed by atoms with Crippen molar-refractivity contribution >= 4 is 27.5 Å². The first-order chi connectivity index (χ1) is 10.0. The minimum Gasteiger partial charge on any atom is -0.310 e. The minimum absolute atomic E-state index is 0.0818. The number of hydrogen-bond donors (Lipinski definition) is 1. The van der Waals surface area contributed by atoms with Crippen LogP contribution in [0.3, 0.4) is 0 Å². The number of benzene rings is 2. The molecule has 0 aromatic heterocycles. The highest BCUT2D eigenvalue weighted by atomic mass is 79.9. The lowest BCUT2D eigenvalue weighted by atomic mass is 9.98. The van der Waals surface area contributed by atoms with E-state index in [-0.39, 0.29) is 16.9 Å². The van der Waals surface area contributed by atoms with E-state index in [2.05, 4.69) is 21.2 Å². The first-order valence-corrected chi connectivity index (χ1v) is 7.81. The van der Waals surface area contributed by atoms with Crippen LogP contribution in [-0.4, -0.2) is 6.54 Å². The van der Waals surface area contributed by atoms with E-state index in [0.29, 0.717) is 10.9 Å². The SMILES string of the molecule is CCNC(Cc1ccc(F)c(Cl)c1)c1cccc(F)c1Br. The first kappa shape index (κ1) is 16.4. The molecule has 0 radical (unpaired) electrons. The maximum Gasteiger partial charge on any atom is 0.141 e. The second kappa shape index (κ2) is 7.34. The summed E-state index contributed by atoms with van der Waals surface area (Å²) in [6.45, 7) is 2.72. The van der Waals surface area contributed by atoms with Crippen LogP contribution in [0.5, 0.6) is 0 Å². The molecule has 21 heavy (non-hydrogen) atoms. The van der Waals surface area contributed by atoms with Crippen LogP contribution in [0, 0.1) is 11.6 Å². The van der Waals surface area contributed by atoms with E-state index in [9.17, 15) is 8.78 Å². The third kappa shape index (κ3) is 4.02. The van der Waals surface area contributed by atoms with Gasteiger partial charge in [-0.1, -0.05) is 36.7 Å². The minimum atomic E-state index is -0.438. The van der Waals surface area contributed by atoms with Crippen LogP contribution in [0.1, 0.15) is 24.1 Å². The number of likely N-dealkylation sites (N-methyl/N-ethyl adjacent to an activating group) is 1. The molecule has 1 nitrogen and oxygen atoms in total. The zero-order valence-electron chi connectivity index (χ0n) is 11.5. The Balaban J connectivity index is 2.30. The van der Waals surface area contributed by atoms with Crippen molar-refractivity contribution in [3.63, 3.8) is 0 Å². The highest BCUT2D eigenvalue weighted by Crippen LogP contribution is 2.29. The molecule has 0 amide bonds. The van der Waals surface area contributed by atoms with Crippen molar-refractivity contribution in [2.24, 2.45) is 0 Å². The molecule has 0 aliphatic carbocycles. The van der Waals surface area contributed by atoms with Crippen LogP contribution < -0.4 is 5.32 Å². The molecular weight excluding hydrogens is 360 g/mol. The van der Waals surface area contributed by atoms with E-state index in [0.717, 1.165) is 17.7 Å². The Kier molecular flexibility index (Phi) is 5.73. The molecule has 5 heteroatoms. The van der Waals surface area contributed by atoms with Gasteiger partial charge in [0.1, 0.15) is 11.6 Å². The molecule has 2 aromatic rings. The average molecular weight is 375 g/mol. The topological polar surface area (TPSA) is 12.0 Å². The summed E-state index contributed by atoms with van der Waals surface area (Å²) in [6, 6.07) is 9.52. The van der Waals surface area contributed by atoms with Gasteiger partial charge < -0.3 is 5.32 Å². The number of rotatable bonds is 5. The normalized spacial score (nSPS) is 12.4. The molecule has 0 saturated heterocycles. The monoisotopic (exact) mass is 373 g/mol. The van der Waals surface area contributed by atoms with Gasteiger partial charge in [-0.05, 0) is 58.2 Å². The van der Waals surface area contributed by atoms with Gasteiger partial charge in [0.2, 0.25) is 0 Å². The zero-order chi connectivity index (χ0) is 15.4. The lowest BCUT2D eigenvalue weighted by Gasteiger charge is -2.20. The van der Waals surface area contributed by atoms with Crippen LogP contribution in [0.2, 0.25) is 5.02 Å². The van der Waals surface area contributed by atoms with Crippen molar-refractivity contribution in [3.8, 4) is 0 Å². The fourth-order valence-corrected chi connectivity index (χ4v) is 2.97. The van der Waals surface area contributed by atoms with E-state index in [1.807, 2.05) is 13.0 Å². The van der Waals surface area contributed by atoms with Gasteiger partial charge >= 0.3 is 0 Å². The number of halogens is 4. The van der Waals surface area contributed by atoms with E-state index < -0.39 is 5.82 Å². The molecule has 1 atom stereocenters. The molecule has 2 aromatic carbocycles. The standard InChI is InChI=1S/C16H15BrClF2N/c1-2-21-15(11-4-3-5-14(20)16(11)17)9-10-6-7-13(19)12(18)8-10/h3-8,15,21H,2,9H2,1H3. The molecule has 0 fully saturated rings. The zero-order valence-corrected chi connectivity index (χ0v) is 13.8. The molecule has 1 N–H and O–H groups in total. The van der Waals surface area contributed by atoms with Crippen molar-refractivity contribution in [2.75, 3.05) is 6.54 Å². The molecule has 2 rings (SSSR count). The van der Waals surface area contributed by atoms with Crippen LogP contribution in [0.15, 0.2) is 40.9 Å². The van der Waals surface area contributed by atoms with Crippen molar-refractivity contribution < 1.29 is 8.78 Å². The van der Waals surface area contributed by atoms with Gasteiger partial charge in [0.15, 0.2) is 0 Å². The molecule has 0 saturated carbocycles. The molecule has 0 aliphatic rings. The Bertz CT molecular complexity index is 634. The summed E-state index contributed by atoms with van der Waals surface area (Å²) in [7, 11) is 0. The maximum atomic E-state index is 13.7. The predicted molar refractivity (Wildman–Crippen MR) is 85.6 cm³/mol. The highest BCUT2D eigenvalue weighted by Gasteiger charge is 2.17. The Labute approximate surface area is 136 Å². The molecule has 0 heterocycles. The second-order valence-electron chi connectivity index (χ2n) is 4.71. The Morgan fingerprint density at radius 1 is 1.19 bits per heavy atom. The molecule has 112 valence electrons. The average Bonchev–Trinajstić information content (AvgIpc) is 2.45. The molecule has 0 spiro atoms. The molecule has 0 bridgehead atoms. The Hall–Kier alpha value is -0.970. The van der Waals surface area contributed by atoms with Gasteiger partial charge in [0.05, 0.1) is 9.50 Å². The van der Waals surface area contributed by atoms with Gasteiger partial charge in [0, 0.05) is 6.04 Å². The predicted octanol–water partition coefficient (Wildman–Crippen LogP) is 5.27. The summed E-state index contributed by atoms with van der Waals surface area (Å²) in [4.78, 5) is 0. The molecule has 0 aliphatic heterocycles. The summed E-state index contributed by atoms with van der Waals surface area (Å²) in [5.41, 5.74) is 1.72.